The SMILES string of the molecule is CCN=c1cc2oc3cc(NCC)c(C)cc3c(-c3ccc(C(=O)NCCOCCOCCOCCNC(=O)CCC(=O)N4Cc5ccccc5C#Cc5ccccc54)cc3C(=O)O)c-2cc1C. The van der Waals surface area contributed by atoms with Crippen LogP contribution >= 0.6 is 0 Å². The molecule has 14 heteroatoms. The molecule has 0 unspecified atom stereocenters. The summed E-state index contributed by atoms with van der Waals surface area (Å²) in [6.07, 6.45) is 0.104. The first-order chi connectivity index (χ1) is 33.1. The molecular weight excluding hydrogens is 863 g/mol. The van der Waals surface area contributed by atoms with Crippen molar-refractivity contribution < 1.29 is 42.9 Å². The first-order valence-electron chi connectivity index (χ1n) is 23.0. The summed E-state index contributed by atoms with van der Waals surface area (Å²) in [5.41, 5.74) is 8.84. The van der Waals surface area contributed by atoms with Crippen molar-refractivity contribution in [2.75, 3.05) is 76.0 Å². The lowest BCUT2D eigenvalue weighted by atomic mass is 9.88. The van der Waals surface area contributed by atoms with Crippen molar-refractivity contribution in [3.8, 4) is 34.3 Å². The second-order valence-corrected chi connectivity index (χ2v) is 16.2. The first-order valence-corrected chi connectivity index (χ1v) is 23.0. The van der Waals surface area contributed by atoms with Gasteiger partial charge in [0, 0.05) is 90.0 Å². The van der Waals surface area contributed by atoms with E-state index in [2.05, 4.69) is 32.8 Å². The third-order valence-corrected chi connectivity index (χ3v) is 11.4. The van der Waals surface area contributed by atoms with Crippen LogP contribution in [0.3, 0.4) is 0 Å². The summed E-state index contributed by atoms with van der Waals surface area (Å²) in [6, 6.07) is 27.8. The molecule has 3 aliphatic rings. The summed E-state index contributed by atoms with van der Waals surface area (Å²) in [4.78, 5) is 58.4. The normalized spacial score (nSPS) is 12.1. The fraction of sp³-hybridized carbons (Fsp3) is 0.315. The van der Waals surface area contributed by atoms with Gasteiger partial charge in [0.15, 0.2) is 0 Å². The number of carbonyl (C=O) groups excluding carboxylic acids is 3. The molecular formula is C54H57N5O9. The highest BCUT2D eigenvalue weighted by molar-refractivity contribution is 6.09. The van der Waals surface area contributed by atoms with E-state index in [1.54, 1.807) is 17.0 Å². The Bertz CT molecular complexity index is 2910. The minimum Gasteiger partial charge on any atom is -0.478 e. The number of aryl methyl sites for hydroxylation is 2. The number of fused-ring (bicyclic) bond motifs is 4. The Hall–Kier alpha value is -7.31. The van der Waals surface area contributed by atoms with E-state index in [-0.39, 0.29) is 55.5 Å². The van der Waals surface area contributed by atoms with Gasteiger partial charge in [0.2, 0.25) is 11.8 Å². The molecule has 2 heterocycles. The van der Waals surface area contributed by atoms with E-state index in [4.69, 9.17) is 18.6 Å². The van der Waals surface area contributed by atoms with Crippen molar-refractivity contribution in [1.82, 2.24) is 10.6 Å². The summed E-state index contributed by atoms with van der Waals surface area (Å²) in [7, 11) is 0. The van der Waals surface area contributed by atoms with E-state index >= 15 is 0 Å². The maximum Gasteiger partial charge on any atom is 0.336 e. The number of nitrogens with one attached hydrogen (secondary N) is 3. The van der Waals surface area contributed by atoms with Gasteiger partial charge in [-0.2, -0.15) is 0 Å². The number of hydrogen-bond donors (Lipinski definition) is 4. The number of amides is 3. The minimum atomic E-state index is -1.16. The van der Waals surface area contributed by atoms with E-state index < -0.39 is 11.9 Å². The third-order valence-electron chi connectivity index (χ3n) is 11.4. The molecule has 4 aromatic carbocycles. The van der Waals surface area contributed by atoms with Crippen LogP contribution in [0.1, 0.15) is 75.2 Å². The first kappa shape index (κ1) is 48.6. The lowest BCUT2D eigenvalue weighted by Crippen LogP contribution is -2.34. The molecule has 0 radical (unpaired) electrons. The van der Waals surface area contributed by atoms with Crippen LogP contribution in [0, 0.1) is 25.7 Å². The number of ether oxygens (including phenoxy) is 3. The van der Waals surface area contributed by atoms with Gasteiger partial charge in [-0.05, 0) is 92.4 Å². The van der Waals surface area contributed by atoms with E-state index in [1.165, 1.54) is 6.07 Å². The van der Waals surface area contributed by atoms with Gasteiger partial charge in [-0.25, -0.2) is 4.79 Å². The predicted octanol–water partition coefficient (Wildman–Crippen LogP) is 7.49. The molecule has 68 heavy (non-hydrogen) atoms. The Morgan fingerprint density at radius 2 is 1.44 bits per heavy atom. The zero-order valence-corrected chi connectivity index (χ0v) is 39.0. The van der Waals surface area contributed by atoms with Crippen molar-refractivity contribution >= 4 is 46.0 Å². The fourth-order valence-corrected chi connectivity index (χ4v) is 8.08. The zero-order chi connectivity index (χ0) is 48.0. The molecule has 0 saturated carbocycles. The van der Waals surface area contributed by atoms with Gasteiger partial charge in [0.05, 0.1) is 62.8 Å². The van der Waals surface area contributed by atoms with E-state index in [0.29, 0.717) is 68.5 Å². The van der Waals surface area contributed by atoms with Crippen molar-refractivity contribution in [3.05, 3.63) is 135 Å². The third kappa shape index (κ3) is 12.0. The lowest BCUT2D eigenvalue weighted by molar-refractivity contribution is -0.125. The number of hydrogen-bond acceptors (Lipinski definition) is 10. The van der Waals surface area contributed by atoms with Gasteiger partial charge < -0.3 is 44.6 Å². The van der Waals surface area contributed by atoms with Crippen molar-refractivity contribution in [2.45, 2.75) is 47.1 Å². The number of benzene rings is 5. The summed E-state index contributed by atoms with van der Waals surface area (Å²) in [5.74, 6) is 4.99. The average Bonchev–Trinajstić information content (AvgIpc) is 3.33. The average molecular weight is 920 g/mol. The highest BCUT2D eigenvalue weighted by atomic mass is 16.5. The highest BCUT2D eigenvalue weighted by Crippen LogP contribution is 2.43. The molecule has 14 nitrogen and oxygen atoms in total. The van der Waals surface area contributed by atoms with Crippen molar-refractivity contribution in [2.24, 2.45) is 4.99 Å². The second-order valence-electron chi connectivity index (χ2n) is 16.2. The summed E-state index contributed by atoms with van der Waals surface area (Å²) in [5, 5.41) is 21.0. The van der Waals surface area contributed by atoms with Crippen LogP contribution in [0.4, 0.5) is 11.4 Å². The Morgan fingerprint density at radius 3 is 2.18 bits per heavy atom. The standard InChI is InChI=1S/C54H57N5O9/c1-5-55-45-32-48-43(29-35(45)3)52(44-30-36(4)46(56-6-2)33-49(44)68-48)41-18-17-39(31-42(41)54(63)64)53(62)58-22-24-66-26-28-67-27-25-65-23-21-57-50(60)19-20-51(61)59-34-40-13-8-7-11-37(40)15-16-38-12-9-10-14-47(38)59/h7-14,17-18,29-33,55H,5-6,19-28,34H2,1-4H3,(H,57,60)(H,58,62)(H,63,64). The number of nitrogens with zero attached hydrogens (tertiary/aromatic N) is 2. The summed E-state index contributed by atoms with van der Waals surface area (Å²) < 4.78 is 23.2. The Kier molecular flexibility index (Phi) is 16.7. The maximum atomic E-state index is 13.4. The van der Waals surface area contributed by atoms with Crippen LogP contribution in [0.15, 0.2) is 100 Å². The van der Waals surface area contributed by atoms with Gasteiger partial charge in [0.25, 0.3) is 5.91 Å². The van der Waals surface area contributed by atoms with Crippen molar-refractivity contribution in [3.63, 3.8) is 0 Å². The largest absolute Gasteiger partial charge is 0.478 e. The van der Waals surface area contributed by atoms with Gasteiger partial charge >= 0.3 is 5.97 Å². The molecule has 4 aromatic rings. The number of carbonyl (C=O) groups is 4. The van der Waals surface area contributed by atoms with Crippen LogP contribution in [0.5, 0.6) is 0 Å². The number of anilines is 2. The number of rotatable bonds is 21. The van der Waals surface area contributed by atoms with Crippen LogP contribution in [-0.2, 0) is 30.3 Å². The van der Waals surface area contributed by atoms with E-state index in [0.717, 1.165) is 62.0 Å². The molecule has 0 spiro atoms. The molecule has 0 atom stereocenters. The molecule has 1 aliphatic carbocycles. The number of aromatic carboxylic acids is 1. The summed E-state index contributed by atoms with van der Waals surface area (Å²) in [6.45, 7) is 11.9. The zero-order valence-electron chi connectivity index (χ0n) is 39.0. The van der Waals surface area contributed by atoms with E-state index in [9.17, 15) is 24.3 Å². The quantitative estimate of drug-likeness (QED) is 0.0321. The minimum absolute atomic E-state index is 0.0141. The van der Waals surface area contributed by atoms with Crippen molar-refractivity contribution in [1.29, 1.82) is 0 Å². The fourth-order valence-electron chi connectivity index (χ4n) is 8.08. The van der Waals surface area contributed by atoms with Crippen LogP contribution in [0.2, 0.25) is 0 Å². The van der Waals surface area contributed by atoms with E-state index in [1.807, 2.05) is 100 Å². The molecule has 0 saturated heterocycles. The number of carboxylic acids is 1. The second kappa shape index (κ2) is 23.4. The molecule has 4 N–H and O–H groups in total. The molecule has 0 fully saturated rings. The topological polar surface area (TPSA) is 181 Å². The lowest BCUT2D eigenvalue weighted by Gasteiger charge is -2.26. The van der Waals surface area contributed by atoms with Crippen LogP contribution in [0.25, 0.3) is 33.4 Å². The monoisotopic (exact) mass is 919 g/mol. The number of para-hydroxylation sites is 1. The van der Waals surface area contributed by atoms with Gasteiger partial charge in [0.1, 0.15) is 11.3 Å². The Labute approximate surface area is 396 Å². The molecule has 352 valence electrons. The van der Waals surface area contributed by atoms with Gasteiger partial charge in [-0.3, -0.25) is 19.4 Å². The van der Waals surface area contributed by atoms with Gasteiger partial charge in [-0.1, -0.05) is 48.2 Å². The molecule has 3 amide bonds. The molecule has 7 rings (SSSR count). The van der Waals surface area contributed by atoms with Gasteiger partial charge in [-0.15, -0.1) is 0 Å². The Morgan fingerprint density at radius 1 is 0.750 bits per heavy atom. The van der Waals surface area contributed by atoms with Crippen LogP contribution < -0.4 is 26.2 Å². The predicted molar refractivity (Wildman–Crippen MR) is 262 cm³/mol. The summed E-state index contributed by atoms with van der Waals surface area (Å²) >= 11 is 0. The Balaban J connectivity index is 0.817. The molecule has 0 aromatic heterocycles. The van der Waals surface area contributed by atoms with Crippen LogP contribution in [-0.4, -0.2) is 94.6 Å². The highest BCUT2D eigenvalue weighted by Gasteiger charge is 2.25. The smallest absolute Gasteiger partial charge is 0.336 e. The number of carboxylic acid groups (broad SMARTS) is 1. The molecule has 2 aliphatic heterocycles. The maximum absolute atomic E-state index is 13.4. The molecule has 0 bridgehead atoms.